The van der Waals surface area contributed by atoms with Crippen LogP contribution < -0.4 is 10.6 Å². The summed E-state index contributed by atoms with van der Waals surface area (Å²) in [6.45, 7) is 9.60. The molecule has 3 rings (SSSR count). The van der Waals surface area contributed by atoms with Crippen LogP contribution in [0, 0.1) is 0 Å². The van der Waals surface area contributed by atoms with Crippen molar-refractivity contribution in [3.8, 4) is 0 Å². The molecule has 170 valence electrons. The molecule has 0 aliphatic carbocycles. The third kappa shape index (κ3) is 9.47. The summed E-state index contributed by atoms with van der Waals surface area (Å²) in [5.41, 5.74) is 0. The zero-order valence-electron chi connectivity index (χ0n) is 18.2. The van der Waals surface area contributed by atoms with Crippen molar-refractivity contribution in [2.45, 2.75) is 38.2 Å². The van der Waals surface area contributed by atoms with Crippen LogP contribution in [-0.4, -0.2) is 89.3 Å². The second-order valence-electron chi connectivity index (χ2n) is 7.78. The monoisotopic (exact) mass is 422 g/mol. The molecular weight excluding hydrogens is 384 g/mol. The summed E-state index contributed by atoms with van der Waals surface area (Å²) in [7, 11) is 0. The highest BCUT2D eigenvalue weighted by molar-refractivity contribution is 5.79. The first-order chi connectivity index (χ1) is 14.9. The van der Waals surface area contributed by atoms with E-state index in [2.05, 4.69) is 15.5 Å². The second kappa shape index (κ2) is 14.4. The lowest BCUT2D eigenvalue weighted by Gasteiger charge is -2.26. The van der Waals surface area contributed by atoms with E-state index in [-0.39, 0.29) is 0 Å². The fourth-order valence-electron chi connectivity index (χ4n) is 3.62. The minimum Gasteiger partial charge on any atom is -0.469 e. The van der Waals surface area contributed by atoms with Gasteiger partial charge in [0.15, 0.2) is 5.96 Å². The fourth-order valence-corrected chi connectivity index (χ4v) is 3.62. The number of guanidine groups is 1. The summed E-state index contributed by atoms with van der Waals surface area (Å²) >= 11 is 0. The van der Waals surface area contributed by atoms with Crippen LogP contribution in [0.15, 0.2) is 27.8 Å². The van der Waals surface area contributed by atoms with E-state index >= 15 is 0 Å². The van der Waals surface area contributed by atoms with E-state index in [0.717, 1.165) is 110 Å². The Morgan fingerprint density at radius 2 is 2.07 bits per heavy atom. The summed E-state index contributed by atoms with van der Waals surface area (Å²) in [6, 6.07) is 3.92. The molecule has 1 atom stereocenters. The van der Waals surface area contributed by atoms with Crippen LogP contribution in [0.3, 0.4) is 0 Å². The van der Waals surface area contributed by atoms with Crippen LogP contribution in [0.5, 0.6) is 0 Å². The van der Waals surface area contributed by atoms with Gasteiger partial charge < -0.3 is 29.3 Å². The van der Waals surface area contributed by atoms with Crippen molar-refractivity contribution < 1.29 is 18.6 Å². The predicted octanol–water partition coefficient (Wildman–Crippen LogP) is 1.67. The molecule has 0 radical (unpaired) electrons. The molecule has 2 saturated heterocycles. The second-order valence-corrected chi connectivity index (χ2v) is 7.78. The zero-order valence-corrected chi connectivity index (χ0v) is 18.2. The first kappa shape index (κ1) is 23.1. The topological polar surface area (TPSA) is 80.5 Å². The zero-order chi connectivity index (χ0) is 20.7. The van der Waals surface area contributed by atoms with E-state index in [1.165, 1.54) is 0 Å². The van der Waals surface area contributed by atoms with Crippen molar-refractivity contribution in [2.75, 3.05) is 72.3 Å². The molecule has 2 N–H and O–H groups in total. The Kier molecular flexibility index (Phi) is 11.1. The quantitative estimate of drug-likeness (QED) is 0.284. The lowest BCUT2D eigenvalue weighted by atomic mass is 10.2. The maximum absolute atomic E-state index is 5.73. The number of ether oxygens (including phenoxy) is 3. The highest BCUT2D eigenvalue weighted by Crippen LogP contribution is 2.11. The summed E-state index contributed by atoms with van der Waals surface area (Å²) in [6.07, 6.45) is 7.12. The molecule has 0 aromatic carbocycles. The van der Waals surface area contributed by atoms with Crippen molar-refractivity contribution in [2.24, 2.45) is 4.99 Å². The third-order valence-corrected chi connectivity index (χ3v) is 5.34. The lowest BCUT2D eigenvalue weighted by molar-refractivity contribution is 0.0171. The largest absolute Gasteiger partial charge is 0.469 e. The van der Waals surface area contributed by atoms with Gasteiger partial charge in [-0.15, -0.1) is 0 Å². The van der Waals surface area contributed by atoms with E-state index in [0.29, 0.717) is 12.7 Å². The Morgan fingerprint density at radius 3 is 2.87 bits per heavy atom. The van der Waals surface area contributed by atoms with E-state index in [4.69, 9.17) is 23.6 Å². The third-order valence-electron chi connectivity index (χ3n) is 5.34. The SMILES string of the molecule is c1coc(CCNC(=NCCCOCC2CCCO2)NCCCN2CCOCC2)c1. The van der Waals surface area contributed by atoms with Gasteiger partial charge in [0.1, 0.15) is 5.76 Å². The van der Waals surface area contributed by atoms with Crippen LogP contribution in [0.4, 0.5) is 0 Å². The lowest BCUT2D eigenvalue weighted by Crippen LogP contribution is -2.41. The molecule has 2 aliphatic heterocycles. The number of morpholine rings is 1. The molecular formula is C22H38N4O4. The van der Waals surface area contributed by atoms with Crippen molar-refractivity contribution in [1.82, 2.24) is 15.5 Å². The molecule has 1 unspecified atom stereocenters. The highest BCUT2D eigenvalue weighted by Gasteiger charge is 2.15. The predicted molar refractivity (Wildman–Crippen MR) is 117 cm³/mol. The Bertz CT molecular complexity index is 570. The highest BCUT2D eigenvalue weighted by atomic mass is 16.5. The van der Waals surface area contributed by atoms with Gasteiger partial charge in [-0.05, 0) is 44.4 Å². The average Bonchev–Trinajstić information content (AvgIpc) is 3.48. The number of nitrogens with one attached hydrogen (secondary N) is 2. The minimum absolute atomic E-state index is 0.292. The summed E-state index contributed by atoms with van der Waals surface area (Å²) in [5.74, 6) is 1.85. The number of hydrogen-bond donors (Lipinski definition) is 2. The van der Waals surface area contributed by atoms with Crippen LogP contribution in [0.2, 0.25) is 0 Å². The smallest absolute Gasteiger partial charge is 0.191 e. The van der Waals surface area contributed by atoms with Crippen LogP contribution in [0.1, 0.15) is 31.4 Å². The van der Waals surface area contributed by atoms with Gasteiger partial charge in [0.05, 0.1) is 32.2 Å². The molecule has 8 nitrogen and oxygen atoms in total. The Balaban J connectivity index is 1.31. The van der Waals surface area contributed by atoms with Crippen molar-refractivity contribution in [3.05, 3.63) is 24.2 Å². The van der Waals surface area contributed by atoms with Gasteiger partial charge in [-0.1, -0.05) is 0 Å². The number of aliphatic imine (C=N–C) groups is 1. The first-order valence-corrected chi connectivity index (χ1v) is 11.4. The normalized spacial score (nSPS) is 20.5. The van der Waals surface area contributed by atoms with Gasteiger partial charge in [0.2, 0.25) is 0 Å². The molecule has 0 spiro atoms. The van der Waals surface area contributed by atoms with Crippen LogP contribution in [-0.2, 0) is 20.6 Å². The van der Waals surface area contributed by atoms with Crippen molar-refractivity contribution >= 4 is 5.96 Å². The van der Waals surface area contributed by atoms with Gasteiger partial charge in [-0.25, -0.2) is 0 Å². The Hall–Kier alpha value is -1.61. The fraction of sp³-hybridized carbons (Fsp3) is 0.773. The molecule has 0 saturated carbocycles. The number of nitrogens with zero attached hydrogens (tertiary/aromatic N) is 2. The number of rotatable bonds is 13. The van der Waals surface area contributed by atoms with Gasteiger partial charge in [0.25, 0.3) is 0 Å². The Morgan fingerprint density at radius 1 is 1.17 bits per heavy atom. The molecule has 8 heteroatoms. The number of furan rings is 1. The minimum atomic E-state index is 0.292. The van der Waals surface area contributed by atoms with Gasteiger partial charge in [-0.2, -0.15) is 0 Å². The molecule has 0 amide bonds. The molecule has 1 aromatic heterocycles. The van der Waals surface area contributed by atoms with Gasteiger partial charge >= 0.3 is 0 Å². The maximum Gasteiger partial charge on any atom is 0.191 e. The van der Waals surface area contributed by atoms with Crippen molar-refractivity contribution in [1.29, 1.82) is 0 Å². The standard InChI is InChI=1S/C22H38N4O4/c1-5-20(29-15-1)7-10-25-22(23-8-3-11-26-12-17-27-18-13-26)24-9-4-14-28-19-21-6-2-16-30-21/h1,5,15,21H,2-4,6-14,16-19H2,(H2,23,24,25). The molecule has 30 heavy (non-hydrogen) atoms. The van der Waals surface area contributed by atoms with Crippen LogP contribution >= 0.6 is 0 Å². The number of hydrogen-bond acceptors (Lipinski definition) is 6. The molecule has 3 heterocycles. The van der Waals surface area contributed by atoms with Gasteiger partial charge in [0, 0.05) is 52.4 Å². The summed E-state index contributed by atoms with van der Waals surface area (Å²) in [5, 5.41) is 6.88. The van der Waals surface area contributed by atoms with Crippen LogP contribution in [0.25, 0.3) is 0 Å². The molecule has 2 aliphatic rings. The van der Waals surface area contributed by atoms with Gasteiger partial charge in [-0.3, -0.25) is 9.89 Å². The van der Waals surface area contributed by atoms with E-state index in [9.17, 15) is 0 Å². The Labute approximate surface area is 180 Å². The maximum atomic E-state index is 5.73. The molecule has 0 bridgehead atoms. The summed E-state index contributed by atoms with van der Waals surface area (Å²) < 4.78 is 22.1. The van der Waals surface area contributed by atoms with E-state index in [1.807, 2.05) is 12.1 Å². The molecule has 2 fully saturated rings. The van der Waals surface area contributed by atoms with E-state index in [1.54, 1.807) is 6.26 Å². The molecule has 1 aromatic rings. The van der Waals surface area contributed by atoms with Crippen molar-refractivity contribution in [3.63, 3.8) is 0 Å². The summed E-state index contributed by atoms with van der Waals surface area (Å²) in [4.78, 5) is 7.17. The van der Waals surface area contributed by atoms with E-state index < -0.39 is 0 Å². The average molecular weight is 423 g/mol. The first-order valence-electron chi connectivity index (χ1n) is 11.4.